The zero-order valence-corrected chi connectivity index (χ0v) is 25.1. The first-order valence-corrected chi connectivity index (χ1v) is 14.9. The lowest BCUT2D eigenvalue weighted by atomic mass is 9.55. The topological polar surface area (TPSA) is 85.4 Å². The van der Waals surface area contributed by atoms with Crippen LogP contribution in [0, 0.1) is 5.92 Å². The molecule has 3 aliphatic rings. The lowest BCUT2D eigenvalue weighted by Crippen LogP contribution is -2.68. The summed E-state index contributed by atoms with van der Waals surface area (Å²) < 4.78 is 17.2. The number of benzene rings is 2. The quantitative estimate of drug-likeness (QED) is 0.237. The molecule has 0 bridgehead atoms. The van der Waals surface area contributed by atoms with Crippen LogP contribution in [0.5, 0.6) is 11.5 Å². The minimum atomic E-state index is -0.752. The monoisotopic (exact) mass is 574 g/mol. The minimum Gasteiger partial charge on any atom is -0.497 e. The molecule has 224 valence electrons. The van der Waals surface area contributed by atoms with E-state index in [9.17, 15) is 14.4 Å². The van der Waals surface area contributed by atoms with E-state index in [0.29, 0.717) is 31.6 Å². The number of hydrogen-bond donors (Lipinski definition) is 0. The van der Waals surface area contributed by atoms with Crippen molar-refractivity contribution in [1.82, 2.24) is 9.80 Å². The molecular weight excluding hydrogens is 532 g/mol. The third-order valence-electron chi connectivity index (χ3n) is 9.28. The van der Waals surface area contributed by atoms with Gasteiger partial charge in [-0.2, -0.15) is 0 Å². The zero-order valence-electron chi connectivity index (χ0n) is 25.1. The minimum absolute atomic E-state index is 0.0662. The summed E-state index contributed by atoms with van der Waals surface area (Å²) in [6.07, 6.45) is 8.68. The molecule has 0 N–H and O–H groups in total. The molecule has 1 heterocycles. The second kappa shape index (κ2) is 12.3. The number of amides is 1. The summed E-state index contributed by atoms with van der Waals surface area (Å²) in [5.74, 6) is 1.16. The number of carbonyl (C=O) groups excluding carboxylic acids is 3. The smallest absolute Gasteiger partial charge is 0.308 e. The Morgan fingerprint density at radius 3 is 2.48 bits per heavy atom. The molecule has 2 aromatic rings. The number of fused-ring (bicyclic) bond motifs is 1. The maximum atomic E-state index is 13.4. The van der Waals surface area contributed by atoms with Crippen LogP contribution >= 0.6 is 0 Å². The average molecular weight is 575 g/mol. The fourth-order valence-electron chi connectivity index (χ4n) is 7.05. The molecule has 0 spiro atoms. The van der Waals surface area contributed by atoms with Gasteiger partial charge in [0.1, 0.15) is 17.1 Å². The van der Waals surface area contributed by atoms with E-state index in [1.165, 1.54) is 26.7 Å². The Balaban J connectivity index is 1.47. The van der Waals surface area contributed by atoms with Gasteiger partial charge in [-0.3, -0.25) is 19.3 Å². The summed E-state index contributed by atoms with van der Waals surface area (Å²) in [7, 11) is 3.47. The van der Waals surface area contributed by atoms with Crippen LogP contribution in [0.3, 0.4) is 0 Å². The molecule has 1 saturated heterocycles. The van der Waals surface area contributed by atoms with Gasteiger partial charge in [0, 0.05) is 51.5 Å². The highest BCUT2D eigenvalue weighted by molar-refractivity contribution is 5.92. The van der Waals surface area contributed by atoms with Crippen LogP contribution in [0.4, 0.5) is 0 Å². The van der Waals surface area contributed by atoms with Gasteiger partial charge in [-0.25, -0.2) is 0 Å². The highest BCUT2D eigenvalue weighted by Crippen LogP contribution is 2.55. The summed E-state index contributed by atoms with van der Waals surface area (Å²) in [5, 5.41) is 0. The van der Waals surface area contributed by atoms with E-state index < -0.39 is 11.0 Å². The molecule has 42 heavy (non-hydrogen) atoms. The predicted molar refractivity (Wildman–Crippen MR) is 160 cm³/mol. The molecule has 2 aliphatic carbocycles. The normalized spacial score (nSPS) is 25.9. The molecule has 8 heteroatoms. The number of carbonyl (C=O) groups is 3. The number of esters is 2. The van der Waals surface area contributed by atoms with Gasteiger partial charge < -0.3 is 19.1 Å². The van der Waals surface area contributed by atoms with E-state index in [4.69, 9.17) is 14.2 Å². The molecule has 8 nitrogen and oxygen atoms in total. The number of likely N-dealkylation sites (N-methyl/N-ethyl adjacent to an activating group) is 1. The van der Waals surface area contributed by atoms with E-state index in [0.717, 1.165) is 42.3 Å². The van der Waals surface area contributed by atoms with E-state index in [2.05, 4.69) is 11.0 Å². The van der Waals surface area contributed by atoms with Crippen LogP contribution in [-0.4, -0.2) is 73.1 Å². The molecule has 3 fully saturated rings. The Bertz CT molecular complexity index is 1350. The first-order valence-electron chi connectivity index (χ1n) is 14.9. The van der Waals surface area contributed by atoms with Crippen LogP contribution in [-0.2, 0) is 24.5 Å². The largest absolute Gasteiger partial charge is 0.497 e. The molecule has 3 atom stereocenters. The van der Waals surface area contributed by atoms with Gasteiger partial charge in [-0.15, -0.1) is 0 Å². The van der Waals surface area contributed by atoms with Crippen LogP contribution < -0.4 is 9.47 Å². The Kier molecular flexibility index (Phi) is 8.73. The van der Waals surface area contributed by atoms with E-state index >= 15 is 0 Å². The van der Waals surface area contributed by atoms with Crippen molar-refractivity contribution < 1.29 is 28.6 Å². The maximum absolute atomic E-state index is 13.4. The molecule has 0 radical (unpaired) electrons. The van der Waals surface area contributed by atoms with Crippen molar-refractivity contribution in [1.29, 1.82) is 0 Å². The van der Waals surface area contributed by atoms with E-state index in [1.54, 1.807) is 19.3 Å². The van der Waals surface area contributed by atoms with Gasteiger partial charge in [0.05, 0.1) is 7.11 Å². The number of methoxy groups -OCH3 is 1. The van der Waals surface area contributed by atoms with Crippen LogP contribution in [0.15, 0.2) is 54.6 Å². The second-order valence-corrected chi connectivity index (χ2v) is 12.2. The van der Waals surface area contributed by atoms with Crippen molar-refractivity contribution >= 4 is 23.9 Å². The molecule has 5 rings (SSSR count). The Labute approximate surface area is 248 Å². The van der Waals surface area contributed by atoms with Crippen molar-refractivity contribution in [2.45, 2.75) is 69.4 Å². The Morgan fingerprint density at radius 2 is 1.76 bits per heavy atom. The molecule has 2 saturated carbocycles. The first-order chi connectivity index (χ1) is 20.1. The molecule has 0 aromatic heterocycles. The van der Waals surface area contributed by atoms with Crippen molar-refractivity contribution in [2.24, 2.45) is 5.92 Å². The summed E-state index contributed by atoms with van der Waals surface area (Å²) in [6.45, 7) is 5.42. The van der Waals surface area contributed by atoms with Gasteiger partial charge in [-0.1, -0.05) is 24.3 Å². The van der Waals surface area contributed by atoms with Crippen LogP contribution in [0.1, 0.15) is 63.5 Å². The Hall–Kier alpha value is -3.65. The predicted octanol–water partition coefficient (Wildman–Crippen LogP) is 5.00. The first kappa shape index (κ1) is 29.8. The molecule has 0 unspecified atom stereocenters. The zero-order chi connectivity index (χ0) is 29.9. The molecule has 1 aliphatic heterocycles. The van der Waals surface area contributed by atoms with Gasteiger partial charge in [0.25, 0.3) is 0 Å². The number of hydrogen-bond acceptors (Lipinski definition) is 7. The third kappa shape index (κ3) is 6.38. The van der Waals surface area contributed by atoms with Gasteiger partial charge in [0.15, 0.2) is 0 Å². The SMILES string of the molecule is COc1cccc(C=CC(=O)N(C)[C@@H]2CC[C@]3(OC(C)=O)CN(CC4CC4)CC[C@@]3(c3cccc(OC(C)=O)c3)C2)c1. The summed E-state index contributed by atoms with van der Waals surface area (Å²) in [5.41, 5.74) is 0.557. The Morgan fingerprint density at radius 1 is 1.00 bits per heavy atom. The van der Waals surface area contributed by atoms with Crippen molar-refractivity contribution in [3.8, 4) is 11.5 Å². The fraction of sp³-hybridized carbons (Fsp3) is 0.500. The second-order valence-electron chi connectivity index (χ2n) is 12.2. The van der Waals surface area contributed by atoms with E-state index in [-0.39, 0.29) is 23.9 Å². The van der Waals surface area contributed by atoms with Gasteiger partial charge in [0.2, 0.25) is 5.91 Å². The summed E-state index contributed by atoms with van der Waals surface area (Å²) in [4.78, 5) is 42.2. The number of nitrogens with zero attached hydrogens (tertiary/aromatic N) is 2. The highest BCUT2D eigenvalue weighted by atomic mass is 16.6. The van der Waals surface area contributed by atoms with Crippen molar-refractivity contribution in [2.75, 3.05) is 33.8 Å². The highest BCUT2D eigenvalue weighted by Gasteiger charge is 2.61. The van der Waals surface area contributed by atoms with Gasteiger partial charge >= 0.3 is 11.9 Å². The van der Waals surface area contributed by atoms with Gasteiger partial charge in [-0.05, 0) is 92.5 Å². The molecular formula is C34H42N2O6. The average Bonchev–Trinajstić information content (AvgIpc) is 3.78. The maximum Gasteiger partial charge on any atom is 0.308 e. The van der Waals surface area contributed by atoms with Crippen LogP contribution in [0.25, 0.3) is 6.08 Å². The summed E-state index contributed by atoms with van der Waals surface area (Å²) in [6, 6.07) is 15.2. The lowest BCUT2D eigenvalue weighted by molar-refractivity contribution is -0.190. The number of piperidine rings is 1. The molecule has 1 amide bonds. The lowest BCUT2D eigenvalue weighted by Gasteiger charge is -2.60. The third-order valence-corrected chi connectivity index (χ3v) is 9.28. The number of rotatable bonds is 9. The number of likely N-dealkylation sites (tertiary alicyclic amines) is 1. The molecule has 2 aromatic carbocycles. The van der Waals surface area contributed by atoms with Crippen molar-refractivity contribution in [3.63, 3.8) is 0 Å². The fourth-order valence-corrected chi connectivity index (χ4v) is 7.05. The standard InChI is InChI=1S/C34H42N2O6/c1-24(37)41-31-10-6-8-28(20-31)33-17-18-36(22-27-11-12-27)23-34(33,42-25(2)38)16-15-29(21-33)35(3)32(39)14-13-26-7-5-9-30(19-26)40-4/h5-10,13-14,19-20,27,29H,11-12,15-18,21-23H2,1-4H3/t29-,33+,34+/m1/s1. The summed E-state index contributed by atoms with van der Waals surface area (Å²) >= 11 is 0. The van der Waals surface area contributed by atoms with E-state index in [1.807, 2.05) is 54.4 Å². The van der Waals surface area contributed by atoms with Crippen LogP contribution in [0.2, 0.25) is 0 Å². The van der Waals surface area contributed by atoms with Crippen molar-refractivity contribution in [3.05, 3.63) is 65.7 Å². The number of ether oxygens (including phenoxy) is 3.